The van der Waals surface area contributed by atoms with Gasteiger partial charge in [-0.3, -0.25) is 14.5 Å². The van der Waals surface area contributed by atoms with Crippen LogP contribution in [0, 0.1) is 0 Å². The van der Waals surface area contributed by atoms with E-state index < -0.39 is 0 Å². The van der Waals surface area contributed by atoms with Gasteiger partial charge >= 0.3 is 0 Å². The van der Waals surface area contributed by atoms with Crippen LogP contribution in [0.25, 0.3) is 0 Å². The number of nitrogens with zero attached hydrogens (tertiary/aromatic N) is 2. The van der Waals surface area contributed by atoms with Gasteiger partial charge in [-0.15, -0.1) is 0 Å². The average molecular weight is 380 g/mol. The van der Waals surface area contributed by atoms with Crippen molar-refractivity contribution in [3.8, 4) is 5.75 Å². The second kappa shape index (κ2) is 8.02. The maximum absolute atomic E-state index is 12.5. The molecule has 0 saturated carbocycles. The zero-order valence-corrected chi connectivity index (χ0v) is 16.2. The molecular formula is C22H26N3O3+. The van der Waals surface area contributed by atoms with Crippen molar-refractivity contribution in [2.75, 3.05) is 50.8 Å². The lowest BCUT2D eigenvalue weighted by Crippen LogP contribution is -3.15. The topological polar surface area (TPSA) is 54.3 Å². The molecule has 1 saturated heterocycles. The highest BCUT2D eigenvalue weighted by atomic mass is 16.5. The highest BCUT2D eigenvalue weighted by molar-refractivity contribution is 6.21. The number of quaternary nitrogens is 1. The first kappa shape index (κ1) is 18.5. The van der Waals surface area contributed by atoms with Crippen LogP contribution in [0.4, 0.5) is 5.69 Å². The minimum absolute atomic E-state index is 0.163. The fourth-order valence-corrected chi connectivity index (χ4v) is 4.02. The highest BCUT2D eigenvalue weighted by Crippen LogP contribution is 2.27. The van der Waals surface area contributed by atoms with Crippen molar-refractivity contribution in [2.24, 2.45) is 0 Å². The van der Waals surface area contributed by atoms with Gasteiger partial charge in [-0.25, -0.2) is 0 Å². The van der Waals surface area contributed by atoms with E-state index in [1.54, 1.807) is 24.3 Å². The van der Waals surface area contributed by atoms with Gasteiger partial charge in [-0.05, 0) is 31.2 Å². The lowest BCUT2D eigenvalue weighted by Gasteiger charge is -2.34. The number of imide groups is 1. The molecule has 6 heteroatoms. The molecule has 0 radical (unpaired) electrons. The van der Waals surface area contributed by atoms with Crippen LogP contribution in [0.5, 0.6) is 5.75 Å². The molecule has 2 aliphatic heterocycles. The predicted molar refractivity (Wildman–Crippen MR) is 107 cm³/mol. The van der Waals surface area contributed by atoms with Crippen molar-refractivity contribution in [2.45, 2.75) is 6.92 Å². The molecule has 0 unspecified atom stereocenters. The first-order valence-electron chi connectivity index (χ1n) is 9.94. The molecule has 1 N–H and O–H groups in total. The van der Waals surface area contributed by atoms with Crippen molar-refractivity contribution in [1.82, 2.24) is 4.90 Å². The van der Waals surface area contributed by atoms with Gasteiger partial charge in [0.25, 0.3) is 11.8 Å². The molecular weight excluding hydrogens is 354 g/mol. The number of carbonyl (C=O) groups is 2. The van der Waals surface area contributed by atoms with Crippen LogP contribution >= 0.6 is 0 Å². The Morgan fingerprint density at radius 2 is 1.54 bits per heavy atom. The molecule has 0 spiro atoms. The number of para-hydroxylation sites is 2. The smallest absolute Gasteiger partial charge is 0.261 e. The predicted octanol–water partition coefficient (Wildman–Crippen LogP) is 1.09. The Morgan fingerprint density at radius 1 is 0.929 bits per heavy atom. The number of benzene rings is 2. The van der Waals surface area contributed by atoms with Crippen LogP contribution in [0.2, 0.25) is 0 Å². The number of anilines is 1. The Bertz CT molecular complexity index is 840. The van der Waals surface area contributed by atoms with E-state index in [9.17, 15) is 9.59 Å². The van der Waals surface area contributed by atoms with Gasteiger partial charge in [0.15, 0.2) is 0 Å². The van der Waals surface area contributed by atoms with Crippen molar-refractivity contribution in [3.63, 3.8) is 0 Å². The summed E-state index contributed by atoms with van der Waals surface area (Å²) in [6, 6.07) is 15.2. The van der Waals surface area contributed by atoms with E-state index in [1.807, 2.05) is 25.1 Å². The minimum atomic E-state index is -0.163. The summed E-state index contributed by atoms with van der Waals surface area (Å²) in [6.07, 6.45) is 0. The molecule has 0 aliphatic carbocycles. The third-order valence-corrected chi connectivity index (χ3v) is 5.54. The van der Waals surface area contributed by atoms with E-state index in [0.717, 1.165) is 44.2 Å². The average Bonchev–Trinajstić information content (AvgIpc) is 2.98. The summed E-state index contributed by atoms with van der Waals surface area (Å²) < 4.78 is 5.76. The zero-order valence-electron chi connectivity index (χ0n) is 16.2. The number of rotatable bonds is 6. The van der Waals surface area contributed by atoms with Crippen LogP contribution < -0.4 is 14.5 Å². The number of amides is 2. The Morgan fingerprint density at radius 3 is 2.18 bits per heavy atom. The summed E-state index contributed by atoms with van der Waals surface area (Å²) in [5.41, 5.74) is 2.20. The van der Waals surface area contributed by atoms with Crippen molar-refractivity contribution in [3.05, 3.63) is 59.7 Å². The Hall–Kier alpha value is -2.86. The van der Waals surface area contributed by atoms with Gasteiger partial charge in [0.05, 0.1) is 62.7 Å². The molecule has 2 amide bonds. The van der Waals surface area contributed by atoms with Crippen LogP contribution in [-0.2, 0) is 0 Å². The largest absolute Gasteiger partial charge is 0.492 e. The third-order valence-electron chi connectivity index (χ3n) is 5.54. The fourth-order valence-electron chi connectivity index (χ4n) is 4.02. The van der Waals surface area contributed by atoms with E-state index in [1.165, 1.54) is 9.80 Å². The van der Waals surface area contributed by atoms with Gasteiger partial charge in [0.1, 0.15) is 5.75 Å². The van der Waals surface area contributed by atoms with E-state index in [0.29, 0.717) is 24.3 Å². The summed E-state index contributed by atoms with van der Waals surface area (Å²) in [6.45, 7) is 7.72. The van der Waals surface area contributed by atoms with Crippen molar-refractivity contribution >= 4 is 17.5 Å². The van der Waals surface area contributed by atoms with Crippen LogP contribution in [0.1, 0.15) is 27.6 Å². The molecule has 0 bridgehead atoms. The molecule has 146 valence electrons. The monoisotopic (exact) mass is 380 g/mol. The number of carbonyl (C=O) groups excluding carboxylic acids is 2. The van der Waals surface area contributed by atoms with Gasteiger partial charge in [-0.2, -0.15) is 0 Å². The Balaban J connectivity index is 1.32. The van der Waals surface area contributed by atoms with Crippen molar-refractivity contribution in [1.29, 1.82) is 0 Å². The van der Waals surface area contributed by atoms with E-state index in [2.05, 4.69) is 11.0 Å². The molecule has 2 heterocycles. The molecule has 0 aromatic heterocycles. The standard InChI is InChI=1S/C22H25N3O3/c1-2-28-20-10-6-5-9-19(20)24-14-11-23(12-15-24)13-16-25-21(26)17-7-3-4-8-18(17)22(25)27/h3-10H,2,11-16H2,1H3/p+1. The van der Waals surface area contributed by atoms with Crippen LogP contribution in [0.15, 0.2) is 48.5 Å². The van der Waals surface area contributed by atoms with Crippen molar-refractivity contribution < 1.29 is 19.2 Å². The van der Waals surface area contributed by atoms with E-state index in [4.69, 9.17) is 4.74 Å². The molecule has 28 heavy (non-hydrogen) atoms. The molecule has 2 aliphatic rings. The SMILES string of the molecule is CCOc1ccccc1N1CC[NH+](CCN2C(=O)c3ccccc3C2=O)CC1. The molecule has 2 aromatic carbocycles. The number of nitrogens with one attached hydrogen (secondary N) is 1. The minimum Gasteiger partial charge on any atom is -0.492 e. The lowest BCUT2D eigenvalue weighted by atomic mass is 10.1. The van der Waals surface area contributed by atoms with E-state index in [-0.39, 0.29) is 11.8 Å². The first-order valence-corrected chi connectivity index (χ1v) is 9.94. The third kappa shape index (κ3) is 3.47. The zero-order chi connectivity index (χ0) is 19.5. The maximum atomic E-state index is 12.5. The summed E-state index contributed by atoms with van der Waals surface area (Å²) in [4.78, 5) is 30.2. The molecule has 2 aromatic rings. The van der Waals surface area contributed by atoms with Gasteiger partial charge in [-0.1, -0.05) is 24.3 Å². The summed E-state index contributed by atoms with van der Waals surface area (Å²) >= 11 is 0. The number of hydrogen-bond donors (Lipinski definition) is 1. The number of ether oxygens (including phenoxy) is 1. The van der Waals surface area contributed by atoms with Crippen LogP contribution in [0.3, 0.4) is 0 Å². The molecule has 0 atom stereocenters. The fraction of sp³-hybridized carbons (Fsp3) is 0.364. The van der Waals surface area contributed by atoms with E-state index >= 15 is 0 Å². The second-order valence-electron chi connectivity index (χ2n) is 7.20. The molecule has 4 rings (SSSR count). The highest BCUT2D eigenvalue weighted by Gasteiger charge is 2.35. The number of piperazine rings is 1. The quantitative estimate of drug-likeness (QED) is 0.763. The summed E-state index contributed by atoms with van der Waals surface area (Å²) in [7, 11) is 0. The second-order valence-corrected chi connectivity index (χ2v) is 7.20. The first-order chi connectivity index (χ1) is 13.7. The van der Waals surface area contributed by atoms with Gasteiger partial charge in [0.2, 0.25) is 0 Å². The summed E-state index contributed by atoms with van der Waals surface area (Å²) in [5, 5.41) is 0. The lowest BCUT2D eigenvalue weighted by molar-refractivity contribution is -0.899. The molecule has 6 nitrogen and oxygen atoms in total. The maximum Gasteiger partial charge on any atom is 0.261 e. The number of fused-ring (bicyclic) bond motifs is 1. The van der Waals surface area contributed by atoms with Gasteiger partial charge in [0, 0.05) is 0 Å². The Labute approximate surface area is 165 Å². The Kier molecular flexibility index (Phi) is 5.30. The summed E-state index contributed by atoms with van der Waals surface area (Å²) in [5.74, 6) is 0.605. The normalized spacial score (nSPS) is 17.2. The number of hydrogen-bond acceptors (Lipinski definition) is 4. The molecule has 1 fully saturated rings. The van der Waals surface area contributed by atoms with Gasteiger partial charge < -0.3 is 14.5 Å². The van der Waals surface area contributed by atoms with Crippen LogP contribution in [-0.4, -0.2) is 62.6 Å².